The van der Waals surface area contributed by atoms with Crippen LogP contribution in [-0.2, 0) is 28.4 Å². The van der Waals surface area contributed by atoms with Crippen molar-refractivity contribution in [2.24, 2.45) is 13.0 Å². The Bertz CT molecular complexity index is 1390. The van der Waals surface area contributed by atoms with E-state index in [1.807, 2.05) is 35.0 Å². The number of piperidine rings is 1. The molecule has 1 saturated heterocycles. The predicted molar refractivity (Wildman–Crippen MR) is 125 cm³/mol. The molecule has 1 fully saturated rings. The van der Waals surface area contributed by atoms with Crippen LogP contribution in [0.25, 0.3) is 5.65 Å². The molecule has 0 saturated carbocycles. The summed E-state index contributed by atoms with van der Waals surface area (Å²) in [5.41, 5.74) is 2.33. The highest BCUT2D eigenvalue weighted by Crippen LogP contribution is 2.24. The normalized spacial score (nSPS) is 15.7. The largest absolute Gasteiger partial charge is 0.337 e. The Morgan fingerprint density at radius 3 is 2.65 bits per heavy atom. The standard InChI is InChI=1S/C22H26N8O3S/c1-16-24-21(15-27(16)2)34(32,33)30-9-6-17(7-10-30)22(31)26-18-11-23-29(13-18)14-19-12-28-8-4-3-5-20(28)25-19/h3-5,8,11-13,15,17H,6-7,9-10,14H2,1-2H3,(H,26,31). The third-order valence-corrected chi connectivity index (χ3v) is 7.92. The molecule has 0 bridgehead atoms. The molecule has 1 amide bonds. The van der Waals surface area contributed by atoms with Gasteiger partial charge in [0.2, 0.25) is 5.91 Å². The molecule has 0 spiro atoms. The Morgan fingerprint density at radius 2 is 1.94 bits per heavy atom. The summed E-state index contributed by atoms with van der Waals surface area (Å²) < 4.78 is 32.5. The Morgan fingerprint density at radius 1 is 1.15 bits per heavy atom. The van der Waals surface area contributed by atoms with E-state index >= 15 is 0 Å². The molecule has 1 aliphatic heterocycles. The van der Waals surface area contributed by atoms with Crippen molar-refractivity contribution in [1.82, 2.24) is 33.0 Å². The van der Waals surface area contributed by atoms with Crippen molar-refractivity contribution < 1.29 is 13.2 Å². The third-order valence-electron chi connectivity index (χ3n) is 6.15. The maximum atomic E-state index is 12.9. The first-order valence-corrected chi connectivity index (χ1v) is 12.5. The minimum atomic E-state index is -3.66. The monoisotopic (exact) mass is 482 g/mol. The summed E-state index contributed by atoms with van der Waals surface area (Å²) in [6, 6.07) is 5.82. The molecule has 34 heavy (non-hydrogen) atoms. The number of hydrogen-bond acceptors (Lipinski definition) is 6. The van der Waals surface area contributed by atoms with Gasteiger partial charge in [0.15, 0.2) is 5.03 Å². The van der Waals surface area contributed by atoms with Gasteiger partial charge in [0.1, 0.15) is 11.5 Å². The van der Waals surface area contributed by atoms with Crippen molar-refractivity contribution in [3.05, 3.63) is 60.7 Å². The second-order valence-corrected chi connectivity index (χ2v) is 10.4. The van der Waals surface area contributed by atoms with Gasteiger partial charge in [0.25, 0.3) is 10.0 Å². The van der Waals surface area contributed by atoms with E-state index in [0.717, 1.165) is 11.3 Å². The number of rotatable bonds is 6. The Labute approximate surface area is 197 Å². The van der Waals surface area contributed by atoms with Crippen LogP contribution in [0.4, 0.5) is 5.69 Å². The number of aromatic nitrogens is 6. The Kier molecular flexibility index (Phi) is 5.70. The maximum absolute atomic E-state index is 12.9. The number of fused-ring (bicyclic) bond motifs is 1. The highest BCUT2D eigenvalue weighted by Gasteiger charge is 2.33. The van der Waals surface area contributed by atoms with Gasteiger partial charge in [-0.25, -0.2) is 18.4 Å². The van der Waals surface area contributed by atoms with E-state index in [1.54, 1.807) is 35.6 Å². The zero-order valence-electron chi connectivity index (χ0n) is 19.0. The van der Waals surface area contributed by atoms with Gasteiger partial charge >= 0.3 is 0 Å². The van der Waals surface area contributed by atoms with Crippen LogP contribution in [0.1, 0.15) is 24.4 Å². The Hall–Kier alpha value is -3.51. The summed E-state index contributed by atoms with van der Waals surface area (Å²) in [5.74, 6) is 0.242. The summed E-state index contributed by atoms with van der Waals surface area (Å²) in [4.78, 5) is 21.5. The predicted octanol–water partition coefficient (Wildman–Crippen LogP) is 1.66. The highest BCUT2D eigenvalue weighted by atomic mass is 32.2. The molecule has 0 aliphatic carbocycles. The number of imidazole rings is 2. The van der Waals surface area contributed by atoms with Crippen molar-refractivity contribution >= 4 is 27.3 Å². The lowest BCUT2D eigenvalue weighted by atomic mass is 9.97. The molecule has 0 unspecified atom stereocenters. The summed E-state index contributed by atoms with van der Waals surface area (Å²) in [5, 5.41) is 7.28. The van der Waals surface area contributed by atoms with E-state index in [2.05, 4.69) is 20.4 Å². The number of sulfonamides is 1. The number of aryl methyl sites for hydroxylation is 2. The minimum absolute atomic E-state index is 0.0495. The first-order chi connectivity index (χ1) is 16.3. The van der Waals surface area contributed by atoms with E-state index in [0.29, 0.717) is 30.9 Å². The zero-order chi connectivity index (χ0) is 23.9. The fraction of sp³-hybridized carbons (Fsp3) is 0.364. The van der Waals surface area contributed by atoms with Gasteiger partial charge in [-0.1, -0.05) is 6.07 Å². The highest BCUT2D eigenvalue weighted by molar-refractivity contribution is 7.89. The zero-order valence-corrected chi connectivity index (χ0v) is 19.8. The fourth-order valence-electron chi connectivity index (χ4n) is 4.13. The topological polar surface area (TPSA) is 119 Å². The average molecular weight is 483 g/mol. The van der Waals surface area contributed by atoms with E-state index in [9.17, 15) is 13.2 Å². The molecule has 0 radical (unpaired) electrons. The van der Waals surface area contributed by atoms with Gasteiger partial charge in [-0.05, 0) is 31.9 Å². The molecule has 1 N–H and O–H groups in total. The van der Waals surface area contributed by atoms with Crippen LogP contribution in [0, 0.1) is 12.8 Å². The van der Waals surface area contributed by atoms with Crippen LogP contribution in [0.15, 0.2) is 54.2 Å². The third kappa shape index (κ3) is 4.33. The molecule has 0 atom stereocenters. The van der Waals surface area contributed by atoms with E-state index in [1.165, 1.54) is 10.5 Å². The van der Waals surface area contributed by atoms with Crippen molar-refractivity contribution in [3.8, 4) is 0 Å². The van der Waals surface area contributed by atoms with Gasteiger partial charge < -0.3 is 14.3 Å². The van der Waals surface area contributed by atoms with Crippen molar-refractivity contribution in [2.75, 3.05) is 18.4 Å². The molecular weight excluding hydrogens is 456 g/mol. The quantitative estimate of drug-likeness (QED) is 0.446. The summed E-state index contributed by atoms with van der Waals surface area (Å²) in [7, 11) is -1.90. The Balaban J connectivity index is 1.17. The van der Waals surface area contributed by atoms with E-state index in [-0.39, 0.29) is 29.9 Å². The van der Waals surface area contributed by atoms with Crippen molar-refractivity contribution in [3.63, 3.8) is 0 Å². The maximum Gasteiger partial charge on any atom is 0.262 e. The van der Waals surface area contributed by atoms with Crippen LogP contribution in [0.3, 0.4) is 0 Å². The lowest BCUT2D eigenvalue weighted by Crippen LogP contribution is -2.41. The molecule has 0 aromatic carbocycles. The first-order valence-electron chi connectivity index (χ1n) is 11.1. The van der Waals surface area contributed by atoms with Gasteiger partial charge in [0, 0.05) is 50.8 Å². The van der Waals surface area contributed by atoms with Crippen LogP contribution in [0.2, 0.25) is 0 Å². The van der Waals surface area contributed by atoms with Crippen LogP contribution in [0.5, 0.6) is 0 Å². The van der Waals surface area contributed by atoms with Gasteiger partial charge in [-0.3, -0.25) is 9.48 Å². The van der Waals surface area contributed by atoms with E-state index < -0.39 is 10.0 Å². The number of nitrogens with zero attached hydrogens (tertiary/aromatic N) is 7. The summed E-state index contributed by atoms with van der Waals surface area (Å²) in [6.07, 6.45) is 9.69. The minimum Gasteiger partial charge on any atom is -0.337 e. The smallest absolute Gasteiger partial charge is 0.262 e. The van der Waals surface area contributed by atoms with Crippen molar-refractivity contribution in [1.29, 1.82) is 0 Å². The lowest BCUT2D eigenvalue weighted by Gasteiger charge is -2.29. The molecule has 11 nitrogen and oxygen atoms in total. The number of carbonyl (C=O) groups is 1. The van der Waals surface area contributed by atoms with Gasteiger partial charge in [-0.2, -0.15) is 9.40 Å². The molecule has 12 heteroatoms. The van der Waals surface area contributed by atoms with Crippen LogP contribution < -0.4 is 5.32 Å². The lowest BCUT2D eigenvalue weighted by molar-refractivity contribution is -0.120. The summed E-state index contributed by atoms with van der Waals surface area (Å²) in [6.45, 7) is 2.81. The summed E-state index contributed by atoms with van der Waals surface area (Å²) >= 11 is 0. The second kappa shape index (κ2) is 8.69. The molecule has 178 valence electrons. The number of hydrogen-bond donors (Lipinski definition) is 1. The molecule has 4 aromatic heterocycles. The van der Waals surface area contributed by atoms with Gasteiger partial charge in [0.05, 0.1) is 24.1 Å². The SMILES string of the molecule is Cc1nc(S(=O)(=O)N2CCC(C(=O)Nc3cnn(Cc4cn5ccccc5n4)c3)CC2)cn1C. The number of anilines is 1. The first kappa shape index (κ1) is 22.3. The number of carbonyl (C=O) groups excluding carboxylic acids is 1. The van der Waals surface area contributed by atoms with Crippen LogP contribution >= 0.6 is 0 Å². The fourth-order valence-corrected chi connectivity index (χ4v) is 5.62. The molecule has 1 aliphatic rings. The van der Waals surface area contributed by atoms with E-state index in [4.69, 9.17) is 0 Å². The molecule has 4 aromatic rings. The number of amides is 1. The van der Waals surface area contributed by atoms with Crippen LogP contribution in [-0.4, -0.2) is 60.4 Å². The molecular formula is C22H26N8O3S. The average Bonchev–Trinajstić information content (AvgIpc) is 3.53. The second-order valence-electron chi connectivity index (χ2n) is 8.53. The molecule has 5 rings (SSSR count). The molecule has 5 heterocycles. The number of pyridine rings is 1. The van der Waals surface area contributed by atoms with Gasteiger partial charge in [-0.15, -0.1) is 0 Å². The number of nitrogens with one attached hydrogen (secondary N) is 1. The van der Waals surface area contributed by atoms with Crippen molar-refractivity contribution in [2.45, 2.75) is 31.3 Å².